The molecule has 15 nitrogen and oxygen atoms in total. The van der Waals surface area contributed by atoms with Crippen LogP contribution in [0.15, 0.2) is 89.6 Å². The van der Waals surface area contributed by atoms with Gasteiger partial charge in [-0.05, 0) is 104 Å². The second kappa shape index (κ2) is 17.7. The first-order chi connectivity index (χ1) is 31.0. The molecule has 2 aromatic heterocycles. The predicted molar refractivity (Wildman–Crippen MR) is 249 cm³/mol. The number of carbonyl (C=O) groups excluding carboxylic acids is 1. The Morgan fingerprint density at radius 2 is 1.82 bits per heavy atom. The molecule has 1 atom stereocenters. The molecule has 0 unspecified atom stereocenters. The number of piperazine rings is 1. The van der Waals surface area contributed by atoms with Crippen molar-refractivity contribution >= 4 is 55.5 Å². The number of benzene rings is 3. The van der Waals surface area contributed by atoms with Gasteiger partial charge in [0.25, 0.3) is 21.6 Å². The second-order valence-corrected chi connectivity index (χ2v) is 21.2. The van der Waals surface area contributed by atoms with Gasteiger partial charge in [0.05, 0.1) is 39.4 Å². The van der Waals surface area contributed by atoms with Crippen molar-refractivity contribution in [1.29, 1.82) is 0 Å². The summed E-state index contributed by atoms with van der Waals surface area (Å²) in [5.74, 6) is -0.455. The maximum Gasteiger partial charge on any atom is 0.277 e. The molecule has 3 aromatic carbocycles. The lowest BCUT2D eigenvalue weighted by Crippen LogP contribution is -2.60. The summed E-state index contributed by atoms with van der Waals surface area (Å²) in [7, 11) is -4.64. The van der Waals surface area contributed by atoms with Crippen molar-refractivity contribution in [1.82, 2.24) is 24.5 Å². The molecule has 1 aliphatic carbocycles. The minimum absolute atomic E-state index is 0.0340. The maximum absolute atomic E-state index is 14.1. The van der Waals surface area contributed by atoms with Crippen LogP contribution < -0.4 is 19.1 Å². The van der Waals surface area contributed by atoms with E-state index in [9.17, 15) is 28.4 Å². The highest BCUT2D eigenvalue weighted by Gasteiger charge is 2.38. The first-order valence-corrected chi connectivity index (χ1v) is 24.0. The molecule has 4 aliphatic rings. The number of fused-ring (bicyclic) bond motifs is 2. The van der Waals surface area contributed by atoms with Crippen LogP contribution in [0.5, 0.6) is 17.2 Å². The number of ether oxygens (including phenoxy) is 2. The maximum atomic E-state index is 14.1. The third-order valence-corrected chi connectivity index (χ3v) is 14.7. The number of sulfonamides is 1. The number of H-pyrrole nitrogens is 1. The molecule has 0 spiro atoms. The van der Waals surface area contributed by atoms with Crippen molar-refractivity contribution in [2.24, 2.45) is 11.3 Å². The zero-order chi connectivity index (χ0) is 45.7. The Bertz CT molecular complexity index is 2780. The van der Waals surface area contributed by atoms with E-state index in [0.29, 0.717) is 62.5 Å². The first kappa shape index (κ1) is 44.7. The van der Waals surface area contributed by atoms with Crippen LogP contribution >= 0.6 is 11.6 Å². The van der Waals surface area contributed by atoms with Gasteiger partial charge in [-0.1, -0.05) is 43.2 Å². The molecule has 0 radical (unpaired) electrons. The SMILES string of the molecule is CC1(C)CCC(CN2CCN(c3ccc(C(=O)NS(=O)(=O)c4cc5c(c([N+](=O)[O-])c4)C[C@H](CCN4CC(C)(O)C4)CO5)c(Oc4cnc5[nH]ccc5c4)c3)CC2)=C(c2ccc(Cl)cc2)C1. The van der Waals surface area contributed by atoms with Gasteiger partial charge in [-0.25, -0.2) is 18.1 Å². The average molecular weight is 925 g/mol. The Hall–Kier alpha value is -5.52. The number of anilines is 1. The fourth-order valence-corrected chi connectivity index (χ4v) is 10.8. The number of halogens is 1. The minimum atomic E-state index is -4.64. The van der Waals surface area contributed by atoms with E-state index >= 15 is 0 Å². The number of nitrogens with zero attached hydrogens (tertiary/aromatic N) is 5. The molecule has 1 amide bonds. The Labute approximate surface area is 383 Å². The molecular formula is C48H54ClN7O8S. The molecule has 0 saturated carbocycles. The fourth-order valence-electron chi connectivity index (χ4n) is 9.66. The smallest absolute Gasteiger partial charge is 0.277 e. The van der Waals surface area contributed by atoms with Crippen molar-refractivity contribution in [3.05, 3.63) is 117 Å². The monoisotopic (exact) mass is 923 g/mol. The highest BCUT2D eigenvalue weighted by molar-refractivity contribution is 7.90. The molecule has 65 heavy (non-hydrogen) atoms. The van der Waals surface area contributed by atoms with E-state index in [1.54, 1.807) is 31.3 Å². The van der Waals surface area contributed by atoms with Crippen LogP contribution in [0, 0.1) is 21.4 Å². The summed E-state index contributed by atoms with van der Waals surface area (Å²) >= 11 is 6.25. The normalized spacial score (nSPS) is 19.9. The molecule has 5 heterocycles. The number of hydrogen-bond acceptors (Lipinski definition) is 12. The van der Waals surface area contributed by atoms with Crippen LogP contribution in [0.3, 0.4) is 0 Å². The number of hydrogen-bond donors (Lipinski definition) is 3. The number of carbonyl (C=O) groups is 1. The van der Waals surface area contributed by atoms with Crippen LogP contribution in [0.1, 0.15) is 67.9 Å². The van der Waals surface area contributed by atoms with Crippen molar-refractivity contribution in [2.75, 3.05) is 63.9 Å². The molecule has 5 aromatic rings. The largest absolute Gasteiger partial charge is 0.493 e. The van der Waals surface area contributed by atoms with E-state index in [2.05, 4.69) is 55.4 Å². The summed E-state index contributed by atoms with van der Waals surface area (Å²) in [5, 5.41) is 23.9. The summed E-state index contributed by atoms with van der Waals surface area (Å²) in [4.78, 5) is 39.6. The van der Waals surface area contributed by atoms with Crippen LogP contribution in [0.25, 0.3) is 16.6 Å². The number of nitro groups is 1. The number of rotatable bonds is 13. The molecule has 342 valence electrons. The number of likely N-dealkylation sites (tertiary alicyclic amines) is 1. The zero-order valence-electron chi connectivity index (χ0n) is 36.8. The van der Waals surface area contributed by atoms with Crippen molar-refractivity contribution < 1.29 is 32.7 Å². The first-order valence-electron chi connectivity index (χ1n) is 22.1. The predicted octanol–water partition coefficient (Wildman–Crippen LogP) is 7.83. The molecule has 9 rings (SSSR count). The molecule has 2 saturated heterocycles. The lowest BCUT2D eigenvalue weighted by molar-refractivity contribution is -0.386. The molecule has 2 fully saturated rings. The fraction of sp³-hybridized carbons (Fsp3) is 0.417. The van der Waals surface area contributed by atoms with E-state index in [1.165, 1.54) is 35.0 Å². The van der Waals surface area contributed by atoms with Crippen LogP contribution in [0.4, 0.5) is 11.4 Å². The summed E-state index contributed by atoms with van der Waals surface area (Å²) in [6, 6.07) is 19.1. The van der Waals surface area contributed by atoms with E-state index < -0.39 is 37.0 Å². The lowest BCUT2D eigenvalue weighted by atomic mass is 9.72. The summed E-state index contributed by atoms with van der Waals surface area (Å²) in [6.07, 6.45) is 7.48. The number of aliphatic hydroxyl groups is 1. The van der Waals surface area contributed by atoms with Gasteiger partial charge >= 0.3 is 0 Å². The van der Waals surface area contributed by atoms with Crippen molar-refractivity contribution in [3.63, 3.8) is 0 Å². The highest BCUT2D eigenvalue weighted by Crippen LogP contribution is 2.44. The van der Waals surface area contributed by atoms with Gasteiger partial charge in [-0.15, -0.1) is 0 Å². The van der Waals surface area contributed by atoms with Gasteiger partial charge in [0.2, 0.25) is 0 Å². The van der Waals surface area contributed by atoms with Gasteiger partial charge in [-0.3, -0.25) is 24.7 Å². The third-order valence-electron chi connectivity index (χ3n) is 13.2. The van der Waals surface area contributed by atoms with E-state index in [1.807, 2.05) is 18.2 Å². The van der Waals surface area contributed by atoms with E-state index in [4.69, 9.17) is 21.1 Å². The van der Waals surface area contributed by atoms with E-state index in [0.717, 1.165) is 61.1 Å². The van der Waals surface area contributed by atoms with Crippen LogP contribution in [0.2, 0.25) is 5.02 Å². The number of aromatic amines is 1. The minimum Gasteiger partial charge on any atom is -0.493 e. The second-order valence-electron chi connectivity index (χ2n) is 19.1. The van der Waals surface area contributed by atoms with Gasteiger partial charge in [-0.2, -0.15) is 0 Å². The highest BCUT2D eigenvalue weighted by atomic mass is 35.5. The Morgan fingerprint density at radius 3 is 2.55 bits per heavy atom. The Balaban J connectivity index is 0.926. The molecule has 17 heteroatoms. The Morgan fingerprint density at radius 1 is 1.05 bits per heavy atom. The standard InChI is InChI=1S/C48H54ClN7O8S/c1-47(2)13-10-34(41(25-47)32-4-6-35(49)7-5-32)27-53-16-18-55(19-17-53)36-8-9-39(44(22-36)64-37-21-33-11-14-50-45(33)51-26-37)46(57)52-65(61,62)38-23-42(56(59)60)40-20-31(28-63-43(40)24-38)12-15-54-29-48(3,58)30-54/h4-9,11,14,21-24,26,31,58H,10,12-13,15-20,25,27-30H2,1-3H3,(H,50,51)(H,52,57)/t31-/m0/s1. The van der Waals surface area contributed by atoms with Gasteiger partial charge in [0.1, 0.15) is 22.9 Å². The number of β-amino-alcohol motifs (C(OH)–C–C–N with tert-alkyl or cyclic N) is 1. The van der Waals surface area contributed by atoms with Gasteiger partial charge in [0, 0.05) is 86.3 Å². The third kappa shape index (κ3) is 10.0. The van der Waals surface area contributed by atoms with Crippen molar-refractivity contribution in [2.45, 2.75) is 63.4 Å². The number of aromatic nitrogens is 2. The van der Waals surface area contributed by atoms with E-state index in [-0.39, 0.29) is 35.0 Å². The van der Waals surface area contributed by atoms with Crippen LogP contribution in [-0.2, 0) is 16.4 Å². The molecular weight excluding hydrogens is 870 g/mol. The number of nitrogens with one attached hydrogen (secondary N) is 2. The summed E-state index contributed by atoms with van der Waals surface area (Å²) in [5.41, 5.74) is 4.93. The molecule has 3 aliphatic heterocycles. The number of allylic oxidation sites excluding steroid dienone is 1. The summed E-state index contributed by atoms with van der Waals surface area (Å²) in [6.45, 7) is 12.5. The quantitative estimate of drug-likeness (QED) is 0.0770. The van der Waals surface area contributed by atoms with Gasteiger partial charge < -0.3 is 24.5 Å². The summed E-state index contributed by atoms with van der Waals surface area (Å²) < 4.78 is 42.3. The average Bonchev–Trinajstić information content (AvgIpc) is 3.73. The number of amides is 1. The molecule has 3 N–H and O–H groups in total. The van der Waals surface area contributed by atoms with Crippen LogP contribution in [-0.4, -0.2) is 109 Å². The van der Waals surface area contributed by atoms with Crippen molar-refractivity contribution in [3.8, 4) is 17.2 Å². The zero-order valence-corrected chi connectivity index (χ0v) is 38.4. The number of pyridine rings is 1. The molecule has 0 bridgehead atoms. The lowest BCUT2D eigenvalue weighted by Gasteiger charge is -2.44. The number of nitro benzene ring substituents is 1. The van der Waals surface area contributed by atoms with Gasteiger partial charge in [0.15, 0.2) is 0 Å². The Kier molecular flexibility index (Phi) is 12.2. The topological polar surface area (TPSA) is 183 Å².